The molecule has 1 aromatic heterocycles. The maximum absolute atomic E-state index is 12.4. The number of hydrogen-bond donors (Lipinski definition) is 2. The molecule has 2 atom stereocenters. The Hall–Kier alpha value is -0.850. The van der Waals surface area contributed by atoms with Crippen LogP contribution in [0.3, 0.4) is 0 Å². The van der Waals surface area contributed by atoms with Gasteiger partial charge < -0.3 is 9.88 Å². The van der Waals surface area contributed by atoms with Crippen LogP contribution in [-0.2, 0) is 16.6 Å². The summed E-state index contributed by atoms with van der Waals surface area (Å²) in [5.74, 6) is 0.456. The molecule has 1 heterocycles. The molecule has 5 nitrogen and oxygen atoms in total. The van der Waals surface area contributed by atoms with E-state index in [2.05, 4.69) is 37.7 Å². The van der Waals surface area contributed by atoms with Gasteiger partial charge >= 0.3 is 0 Å². The molecule has 1 saturated carbocycles. The Morgan fingerprint density at radius 1 is 1.43 bits per heavy atom. The van der Waals surface area contributed by atoms with Crippen LogP contribution in [0.2, 0.25) is 0 Å². The summed E-state index contributed by atoms with van der Waals surface area (Å²) in [5, 5.41) is 3.34. The van der Waals surface area contributed by atoms with Crippen molar-refractivity contribution in [3.8, 4) is 0 Å². The lowest BCUT2D eigenvalue weighted by Gasteiger charge is -2.13. The highest BCUT2D eigenvalue weighted by Crippen LogP contribution is 2.31. The number of hydrogen-bond acceptors (Lipinski definition) is 3. The summed E-state index contributed by atoms with van der Waals surface area (Å²) in [5.41, 5.74) is 1.02. The van der Waals surface area contributed by atoms with Gasteiger partial charge in [-0.1, -0.05) is 13.8 Å². The van der Waals surface area contributed by atoms with Gasteiger partial charge in [-0.2, -0.15) is 0 Å². The first kappa shape index (κ1) is 16.5. The van der Waals surface area contributed by atoms with E-state index in [1.54, 1.807) is 12.3 Å². The molecule has 0 saturated heterocycles. The van der Waals surface area contributed by atoms with Crippen LogP contribution in [0, 0.1) is 5.92 Å². The fraction of sp³-hybridized carbons (Fsp3) is 0.733. The average Bonchev–Trinajstić information content (AvgIpc) is 2.91. The van der Waals surface area contributed by atoms with Crippen molar-refractivity contribution in [1.82, 2.24) is 14.6 Å². The van der Waals surface area contributed by atoms with E-state index >= 15 is 0 Å². The highest BCUT2D eigenvalue weighted by atomic mass is 32.2. The van der Waals surface area contributed by atoms with E-state index in [1.807, 2.05) is 4.57 Å². The summed E-state index contributed by atoms with van der Waals surface area (Å²) in [6, 6.07) is 2.14. The van der Waals surface area contributed by atoms with Gasteiger partial charge in [-0.15, -0.1) is 0 Å². The lowest BCUT2D eigenvalue weighted by molar-refractivity contribution is 0.549. The van der Waals surface area contributed by atoms with Crippen LogP contribution in [0.15, 0.2) is 17.2 Å². The zero-order valence-electron chi connectivity index (χ0n) is 13.4. The van der Waals surface area contributed by atoms with Crippen LogP contribution in [0.1, 0.15) is 52.3 Å². The highest BCUT2D eigenvalue weighted by Gasteiger charge is 2.36. The van der Waals surface area contributed by atoms with E-state index in [0.717, 1.165) is 25.1 Å². The molecule has 1 aliphatic carbocycles. The smallest absolute Gasteiger partial charge is 0.242 e. The fourth-order valence-corrected chi connectivity index (χ4v) is 3.82. The maximum Gasteiger partial charge on any atom is 0.242 e. The van der Waals surface area contributed by atoms with Gasteiger partial charge in [0.15, 0.2) is 0 Å². The fourth-order valence-electron chi connectivity index (χ4n) is 2.41. The number of nitrogens with one attached hydrogen (secondary N) is 2. The third-order valence-corrected chi connectivity index (χ3v) is 5.38. The van der Waals surface area contributed by atoms with Crippen molar-refractivity contribution in [2.75, 3.05) is 6.54 Å². The summed E-state index contributed by atoms with van der Waals surface area (Å²) in [6.07, 6.45) is 3.76. The predicted molar refractivity (Wildman–Crippen MR) is 84.7 cm³/mol. The van der Waals surface area contributed by atoms with Gasteiger partial charge in [0.2, 0.25) is 10.0 Å². The first-order chi connectivity index (χ1) is 9.85. The molecule has 0 aliphatic heterocycles. The van der Waals surface area contributed by atoms with Crippen molar-refractivity contribution < 1.29 is 8.42 Å². The standard InChI is InChI=1S/C15H27N3O2S/c1-5-6-16-9-13-8-14(10-18(13)11(2)3)21(19,20)17-15-7-12(15)4/h8,10-12,15-17H,5-7,9H2,1-4H3. The van der Waals surface area contributed by atoms with Crippen LogP contribution in [-0.4, -0.2) is 25.6 Å². The lowest BCUT2D eigenvalue weighted by atomic mass is 10.3. The van der Waals surface area contributed by atoms with Gasteiger partial charge in [-0.05, 0) is 45.2 Å². The monoisotopic (exact) mass is 313 g/mol. The molecule has 6 heteroatoms. The van der Waals surface area contributed by atoms with Gasteiger partial charge in [0.1, 0.15) is 0 Å². The minimum absolute atomic E-state index is 0.110. The van der Waals surface area contributed by atoms with E-state index in [-0.39, 0.29) is 12.1 Å². The van der Waals surface area contributed by atoms with Crippen molar-refractivity contribution in [2.24, 2.45) is 5.92 Å². The minimum Gasteiger partial charge on any atom is -0.346 e. The Bertz CT molecular complexity index is 578. The molecule has 21 heavy (non-hydrogen) atoms. The van der Waals surface area contributed by atoms with E-state index in [0.29, 0.717) is 17.4 Å². The summed E-state index contributed by atoms with van der Waals surface area (Å²) in [7, 11) is -3.39. The van der Waals surface area contributed by atoms with Crippen molar-refractivity contribution in [1.29, 1.82) is 0 Å². The van der Waals surface area contributed by atoms with Crippen molar-refractivity contribution in [2.45, 2.75) is 64.1 Å². The lowest BCUT2D eigenvalue weighted by Crippen LogP contribution is -2.26. The van der Waals surface area contributed by atoms with E-state index < -0.39 is 10.0 Å². The molecule has 1 aromatic rings. The number of nitrogens with zero attached hydrogens (tertiary/aromatic N) is 1. The Morgan fingerprint density at radius 2 is 2.10 bits per heavy atom. The first-order valence-corrected chi connectivity index (χ1v) is 9.27. The Balaban J connectivity index is 2.17. The van der Waals surface area contributed by atoms with Crippen LogP contribution >= 0.6 is 0 Å². The predicted octanol–water partition coefficient (Wildman–Crippen LogP) is 2.26. The highest BCUT2D eigenvalue weighted by molar-refractivity contribution is 7.89. The van der Waals surface area contributed by atoms with Crippen LogP contribution in [0.25, 0.3) is 0 Å². The molecule has 0 aromatic carbocycles. The zero-order valence-corrected chi connectivity index (χ0v) is 14.2. The van der Waals surface area contributed by atoms with E-state index in [4.69, 9.17) is 0 Å². The third kappa shape index (κ3) is 4.08. The number of sulfonamides is 1. The molecule has 1 fully saturated rings. The Labute approximate surface area is 128 Å². The summed E-state index contributed by atoms with van der Waals surface area (Å²) in [4.78, 5) is 0.378. The van der Waals surface area contributed by atoms with E-state index in [1.165, 1.54) is 0 Å². The second-order valence-electron chi connectivity index (χ2n) is 6.29. The second-order valence-corrected chi connectivity index (χ2v) is 8.00. The van der Waals surface area contributed by atoms with Crippen LogP contribution in [0.4, 0.5) is 0 Å². The molecule has 2 rings (SSSR count). The summed E-state index contributed by atoms with van der Waals surface area (Å²) >= 11 is 0. The molecule has 0 radical (unpaired) electrons. The largest absolute Gasteiger partial charge is 0.346 e. The topological polar surface area (TPSA) is 63.1 Å². The van der Waals surface area contributed by atoms with Gasteiger partial charge in [0, 0.05) is 30.5 Å². The van der Waals surface area contributed by atoms with E-state index in [9.17, 15) is 8.42 Å². The normalized spacial score (nSPS) is 22.0. The summed E-state index contributed by atoms with van der Waals surface area (Å²) in [6.45, 7) is 9.94. The van der Waals surface area contributed by atoms with Crippen molar-refractivity contribution >= 4 is 10.0 Å². The van der Waals surface area contributed by atoms with Crippen molar-refractivity contribution in [3.05, 3.63) is 18.0 Å². The average molecular weight is 313 g/mol. The Kier molecular flexibility index (Phi) is 5.11. The molecule has 1 aliphatic rings. The quantitative estimate of drug-likeness (QED) is 0.724. The molecule has 2 unspecified atom stereocenters. The minimum atomic E-state index is -3.39. The molecule has 2 N–H and O–H groups in total. The number of rotatable bonds is 8. The van der Waals surface area contributed by atoms with Gasteiger partial charge in [-0.3, -0.25) is 0 Å². The Morgan fingerprint density at radius 3 is 2.62 bits per heavy atom. The van der Waals surface area contributed by atoms with Gasteiger partial charge in [-0.25, -0.2) is 13.1 Å². The van der Waals surface area contributed by atoms with Gasteiger partial charge in [0.25, 0.3) is 0 Å². The first-order valence-electron chi connectivity index (χ1n) is 7.79. The number of aromatic nitrogens is 1. The maximum atomic E-state index is 12.4. The molecular weight excluding hydrogens is 286 g/mol. The van der Waals surface area contributed by atoms with Crippen LogP contribution in [0.5, 0.6) is 0 Å². The molecular formula is C15H27N3O2S. The third-order valence-electron chi connectivity index (χ3n) is 3.92. The molecule has 120 valence electrons. The van der Waals surface area contributed by atoms with Crippen LogP contribution < -0.4 is 10.0 Å². The SMILES string of the molecule is CCCNCc1cc(S(=O)(=O)NC2CC2C)cn1C(C)C. The molecule has 0 amide bonds. The molecule has 0 spiro atoms. The molecule has 0 bridgehead atoms. The van der Waals surface area contributed by atoms with Gasteiger partial charge in [0.05, 0.1) is 4.90 Å². The van der Waals surface area contributed by atoms with Crippen molar-refractivity contribution in [3.63, 3.8) is 0 Å². The second kappa shape index (κ2) is 6.50. The zero-order chi connectivity index (χ0) is 15.6. The summed E-state index contributed by atoms with van der Waals surface area (Å²) < 4.78 is 29.6.